The average molecular weight is 527 g/mol. The van der Waals surface area contributed by atoms with Gasteiger partial charge in [0.1, 0.15) is 11.9 Å². The van der Waals surface area contributed by atoms with E-state index < -0.39 is 5.60 Å². The summed E-state index contributed by atoms with van der Waals surface area (Å²) in [5.41, 5.74) is 2.01. The molecule has 1 amide bonds. The first-order chi connectivity index (χ1) is 17.6. The zero-order valence-electron chi connectivity index (χ0n) is 21.9. The first kappa shape index (κ1) is 27.2. The van der Waals surface area contributed by atoms with Crippen LogP contribution in [-0.4, -0.2) is 62.8 Å². The predicted octanol–water partition coefficient (Wildman–Crippen LogP) is 4.65. The summed E-state index contributed by atoms with van der Waals surface area (Å²) in [6, 6.07) is 12.9. The van der Waals surface area contributed by atoms with Gasteiger partial charge in [-0.2, -0.15) is 0 Å². The van der Waals surface area contributed by atoms with Crippen molar-refractivity contribution in [3.63, 3.8) is 0 Å². The van der Waals surface area contributed by atoms with Crippen molar-refractivity contribution >= 4 is 34.7 Å². The maximum absolute atomic E-state index is 13.1. The lowest BCUT2D eigenvalue weighted by atomic mass is 9.70. The molecule has 1 heterocycles. The molecule has 1 saturated carbocycles. The molecule has 2 aliphatic rings. The van der Waals surface area contributed by atoms with Crippen LogP contribution in [0.1, 0.15) is 43.2 Å². The highest BCUT2D eigenvalue weighted by molar-refractivity contribution is 6.31. The Labute approximate surface area is 223 Å². The quantitative estimate of drug-likeness (QED) is 0.529. The highest BCUT2D eigenvalue weighted by atomic mass is 35.5. The minimum absolute atomic E-state index is 0.0603. The number of esters is 1. The van der Waals surface area contributed by atoms with Gasteiger partial charge in [0.15, 0.2) is 0 Å². The number of methoxy groups -OCH3 is 1. The summed E-state index contributed by atoms with van der Waals surface area (Å²) in [7, 11) is 7.27. The molecular weight excluding hydrogens is 492 g/mol. The molecule has 1 fully saturated rings. The summed E-state index contributed by atoms with van der Waals surface area (Å²) in [5, 5.41) is 12.3. The van der Waals surface area contributed by atoms with Gasteiger partial charge in [0, 0.05) is 36.5 Å². The molecule has 2 aromatic rings. The van der Waals surface area contributed by atoms with Crippen LogP contribution >= 0.6 is 11.6 Å². The second kappa shape index (κ2) is 11.3. The van der Waals surface area contributed by atoms with Gasteiger partial charge in [-0.05, 0) is 68.8 Å². The minimum Gasteiger partial charge on any atom is -0.497 e. The first-order valence-electron chi connectivity index (χ1n) is 12.6. The van der Waals surface area contributed by atoms with E-state index in [0.29, 0.717) is 42.3 Å². The number of fused-ring (bicyclic) bond motifs is 1. The van der Waals surface area contributed by atoms with Crippen LogP contribution in [0.4, 0.5) is 5.69 Å². The van der Waals surface area contributed by atoms with Crippen LogP contribution in [-0.2, 0) is 19.9 Å². The van der Waals surface area contributed by atoms with Crippen molar-refractivity contribution in [2.45, 2.75) is 43.8 Å². The van der Waals surface area contributed by atoms with Crippen molar-refractivity contribution in [3.8, 4) is 5.75 Å². The molecule has 0 radical (unpaired) electrons. The zero-order chi connectivity index (χ0) is 26.7. The van der Waals surface area contributed by atoms with E-state index in [-0.39, 0.29) is 36.7 Å². The van der Waals surface area contributed by atoms with Crippen LogP contribution in [0, 0.1) is 5.92 Å². The lowest BCUT2D eigenvalue weighted by Crippen LogP contribution is -2.47. The van der Waals surface area contributed by atoms with Gasteiger partial charge in [0.05, 0.1) is 24.8 Å². The van der Waals surface area contributed by atoms with E-state index >= 15 is 0 Å². The van der Waals surface area contributed by atoms with Gasteiger partial charge in [-0.3, -0.25) is 9.59 Å². The maximum Gasteiger partial charge on any atom is 0.310 e. The van der Waals surface area contributed by atoms with Crippen molar-refractivity contribution in [1.29, 1.82) is 0 Å². The summed E-state index contributed by atoms with van der Waals surface area (Å²) in [5.74, 6) is 0.157. The van der Waals surface area contributed by atoms with Crippen LogP contribution in [0.3, 0.4) is 0 Å². The Morgan fingerprint density at radius 3 is 2.76 bits per heavy atom. The molecule has 0 spiro atoms. The average Bonchev–Trinajstić information content (AvgIpc) is 2.97. The fraction of sp³-hybridized carbons (Fsp3) is 0.448. The number of rotatable bonds is 7. The molecule has 7 nitrogen and oxygen atoms in total. The summed E-state index contributed by atoms with van der Waals surface area (Å²) < 4.78 is 11.3. The predicted molar refractivity (Wildman–Crippen MR) is 145 cm³/mol. The third-order valence-electron chi connectivity index (χ3n) is 7.42. The highest BCUT2D eigenvalue weighted by Gasteiger charge is 2.44. The number of hydrogen-bond donors (Lipinski definition) is 1. The monoisotopic (exact) mass is 526 g/mol. The number of carbonyl (C=O) groups excluding carboxylic acids is 2. The van der Waals surface area contributed by atoms with E-state index in [4.69, 9.17) is 21.1 Å². The molecule has 1 aliphatic carbocycles. The van der Waals surface area contributed by atoms with E-state index in [0.717, 1.165) is 16.7 Å². The number of ether oxygens (including phenoxy) is 2. The molecule has 1 aliphatic heterocycles. The lowest BCUT2D eigenvalue weighted by molar-refractivity contribution is -0.157. The topological polar surface area (TPSA) is 79.3 Å². The first-order valence-corrected chi connectivity index (χ1v) is 12.9. The third-order valence-corrected chi connectivity index (χ3v) is 7.66. The summed E-state index contributed by atoms with van der Waals surface area (Å²) in [4.78, 5) is 29.2. The van der Waals surface area contributed by atoms with Gasteiger partial charge < -0.3 is 24.4 Å². The van der Waals surface area contributed by atoms with Crippen LogP contribution in [0.15, 0.2) is 48.5 Å². The van der Waals surface area contributed by atoms with Crippen molar-refractivity contribution in [2.75, 3.05) is 39.7 Å². The number of hydrogen-bond acceptors (Lipinski definition) is 6. The molecule has 0 saturated heterocycles. The number of nitrogens with zero attached hydrogens (tertiary/aromatic N) is 2. The Morgan fingerprint density at radius 1 is 1.24 bits per heavy atom. The second-order valence-electron chi connectivity index (χ2n) is 10.2. The molecule has 2 aromatic carbocycles. The van der Waals surface area contributed by atoms with Crippen LogP contribution in [0.2, 0.25) is 5.02 Å². The third kappa shape index (κ3) is 6.00. The standard InChI is InChI=1S/C29H35ClN2O5/c1-31(2)18-21-16-24(12-13-29(21,35)20-6-5-7-23(15-20)36-4)37-28(34)14-19-8-11-27(33)32(3)26-17-22(30)9-10-25(19)26/h5-10,15,17,21,24,35H,11-14,16,18H2,1-4H3. The van der Waals surface area contributed by atoms with E-state index in [1.165, 1.54) is 0 Å². The van der Waals surface area contributed by atoms with E-state index in [1.54, 1.807) is 37.3 Å². The molecule has 8 heteroatoms. The number of aliphatic hydroxyl groups is 1. The van der Waals surface area contributed by atoms with Gasteiger partial charge >= 0.3 is 5.97 Å². The fourth-order valence-corrected chi connectivity index (χ4v) is 5.62. The van der Waals surface area contributed by atoms with Crippen molar-refractivity contribution in [1.82, 2.24) is 4.90 Å². The zero-order valence-corrected chi connectivity index (χ0v) is 22.6. The molecule has 4 rings (SSSR count). The Bertz CT molecular complexity index is 1200. The second-order valence-corrected chi connectivity index (χ2v) is 10.7. The number of amides is 1. The molecule has 37 heavy (non-hydrogen) atoms. The Morgan fingerprint density at radius 2 is 2.03 bits per heavy atom. The minimum atomic E-state index is -1.05. The fourth-order valence-electron chi connectivity index (χ4n) is 5.46. The summed E-state index contributed by atoms with van der Waals surface area (Å²) in [6.07, 6.45) is 3.33. The number of halogens is 1. The summed E-state index contributed by atoms with van der Waals surface area (Å²) in [6.45, 7) is 0.648. The van der Waals surface area contributed by atoms with E-state index in [1.807, 2.05) is 49.3 Å². The molecule has 0 bridgehead atoms. The SMILES string of the molecule is COc1cccc(C2(O)CCC(OC(=O)CC3=CCC(=O)N(C)c4cc(Cl)ccc43)CC2CN(C)C)c1. The highest BCUT2D eigenvalue weighted by Crippen LogP contribution is 2.44. The van der Waals surface area contributed by atoms with Crippen LogP contribution < -0.4 is 9.64 Å². The van der Waals surface area contributed by atoms with Gasteiger partial charge in [0.25, 0.3) is 0 Å². The smallest absolute Gasteiger partial charge is 0.310 e. The molecule has 1 N–H and O–H groups in total. The van der Waals surface area contributed by atoms with Crippen molar-refractivity contribution < 1.29 is 24.2 Å². The molecule has 0 aromatic heterocycles. The Kier molecular flexibility index (Phi) is 8.26. The number of anilines is 1. The molecule has 3 atom stereocenters. The van der Waals surface area contributed by atoms with E-state index in [2.05, 4.69) is 0 Å². The van der Waals surface area contributed by atoms with Gasteiger partial charge in [-0.15, -0.1) is 0 Å². The number of carbonyl (C=O) groups is 2. The molecular formula is C29H35ClN2O5. The van der Waals surface area contributed by atoms with Crippen LogP contribution in [0.5, 0.6) is 5.75 Å². The van der Waals surface area contributed by atoms with Crippen molar-refractivity contribution in [3.05, 3.63) is 64.7 Å². The number of benzene rings is 2. The maximum atomic E-state index is 13.1. The lowest BCUT2D eigenvalue weighted by Gasteiger charge is -2.44. The van der Waals surface area contributed by atoms with E-state index in [9.17, 15) is 14.7 Å². The van der Waals surface area contributed by atoms with Gasteiger partial charge in [-0.25, -0.2) is 0 Å². The van der Waals surface area contributed by atoms with Gasteiger partial charge in [0.2, 0.25) is 5.91 Å². The van der Waals surface area contributed by atoms with Crippen LogP contribution in [0.25, 0.3) is 5.57 Å². The van der Waals surface area contributed by atoms with Gasteiger partial charge in [-0.1, -0.05) is 35.9 Å². The van der Waals surface area contributed by atoms with Crippen molar-refractivity contribution in [2.24, 2.45) is 5.92 Å². The largest absolute Gasteiger partial charge is 0.497 e. The normalized spacial score (nSPS) is 23.8. The molecule has 198 valence electrons. The Balaban J connectivity index is 1.49. The summed E-state index contributed by atoms with van der Waals surface area (Å²) >= 11 is 6.18. The molecule has 3 unspecified atom stereocenters. The Hall–Kier alpha value is -2.87.